The minimum absolute atomic E-state index is 0.0987. The lowest BCUT2D eigenvalue weighted by Gasteiger charge is -2.46. The Morgan fingerprint density at radius 1 is 0.812 bits per heavy atom. The van der Waals surface area contributed by atoms with Gasteiger partial charge in [0.05, 0.1) is 5.60 Å². The molecular weight excluding hydrogens is 200 g/mol. The number of hydrogen-bond acceptors (Lipinski definition) is 2. The van der Waals surface area contributed by atoms with E-state index < -0.39 is 0 Å². The molecule has 16 heavy (non-hydrogen) atoms. The summed E-state index contributed by atoms with van der Waals surface area (Å²) in [5.74, 6) is 0. The smallest absolute Gasteiger partial charge is 0.108 e. The Labute approximate surface area is 101 Å². The zero-order chi connectivity index (χ0) is 12.4. The van der Waals surface area contributed by atoms with E-state index in [1.807, 2.05) is 20.8 Å². The van der Waals surface area contributed by atoms with Gasteiger partial charge in [0.15, 0.2) is 0 Å². The lowest BCUT2D eigenvalue weighted by molar-refractivity contribution is -0.426. The van der Waals surface area contributed by atoms with Crippen molar-refractivity contribution >= 4 is 0 Å². The van der Waals surface area contributed by atoms with Crippen molar-refractivity contribution in [3.05, 3.63) is 0 Å². The van der Waals surface area contributed by atoms with Gasteiger partial charge in [0.1, 0.15) is 5.60 Å². The highest BCUT2D eigenvalue weighted by atomic mass is 17.2. The normalized spacial score (nSPS) is 22.1. The van der Waals surface area contributed by atoms with Crippen LogP contribution in [0.2, 0.25) is 0 Å². The van der Waals surface area contributed by atoms with E-state index in [2.05, 4.69) is 20.8 Å². The molecule has 0 aromatic rings. The molecular formula is C14H28O2. The molecule has 1 saturated carbocycles. The van der Waals surface area contributed by atoms with Crippen LogP contribution in [0.3, 0.4) is 0 Å². The van der Waals surface area contributed by atoms with E-state index in [0.29, 0.717) is 0 Å². The maximum atomic E-state index is 5.90. The van der Waals surface area contributed by atoms with Gasteiger partial charge in [0, 0.05) is 0 Å². The molecule has 1 aliphatic rings. The zero-order valence-electron chi connectivity index (χ0n) is 11.9. The van der Waals surface area contributed by atoms with E-state index in [9.17, 15) is 0 Å². The second-order valence-corrected chi connectivity index (χ2v) is 7.08. The molecule has 2 nitrogen and oxygen atoms in total. The van der Waals surface area contributed by atoms with Crippen LogP contribution in [0, 0.1) is 5.41 Å². The molecule has 0 unspecified atom stereocenters. The maximum Gasteiger partial charge on any atom is 0.108 e. The van der Waals surface area contributed by atoms with Crippen LogP contribution in [-0.4, -0.2) is 11.2 Å². The second-order valence-electron chi connectivity index (χ2n) is 7.08. The maximum absolute atomic E-state index is 5.90. The van der Waals surface area contributed by atoms with Crippen LogP contribution in [-0.2, 0) is 9.78 Å². The molecule has 2 heteroatoms. The van der Waals surface area contributed by atoms with Gasteiger partial charge in [-0.1, -0.05) is 40.0 Å². The van der Waals surface area contributed by atoms with Gasteiger partial charge in [-0.25, -0.2) is 9.78 Å². The van der Waals surface area contributed by atoms with Gasteiger partial charge in [0.2, 0.25) is 0 Å². The molecule has 0 bridgehead atoms. The highest BCUT2D eigenvalue weighted by molar-refractivity contribution is 4.93. The minimum Gasteiger partial charge on any atom is -0.230 e. The summed E-state index contributed by atoms with van der Waals surface area (Å²) in [7, 11) is 0. The summed E-state index contributed by atoms with van der Waals surface area (Å²) in [5, 5.41) is 0. The van der Waals surface area contributed by atoms with Gasteiger partial charge in [-0.3, -0.25) is 0 Å². The van der Waals surface area contributed by atoms with Gasteiger partial charge in [-0.05, 0) is 39.0 Å². The molecule has 0 radical (unpaired) electrons. The van der Waals surface area contributed by atoms with Gasteiger partial charge in [-0.2, -0.15) is 0 Å². The molecule has 0 heterocycles. The van der Waals surface area contributed by atoms with Crippen molar-refractivity contribution in [1.29, 1.82) is 0 Å². The van der Waals surface area contributed by atoms with Crippen LogP contribution in [0.1, 0.15) is 73.6 Å². The topological polar surface area (TPSA) is 18.5 Å². The van der Waals surface area contributed by atoms with Gasteiger partial charge >= 0.3 is 0 Å². The average Bonchev–Trinajstić information content (AvgIpc) is 2.13. The first-order valence-electron chi connectivity index (χ1n) is 6.53. The van der Waals surface area contributed by atoms with E-state index >= 15 is 0 Å². The molecule has 0 aromatic heterocycles. The summed E-state index contributed by atoms with van der Waals surface area (Å²) in [6.45, 7) is 12.9. The van der Waals surface area contributed by atoms with Crippen LogP contribution in [0.5, 0.6) is 0 Å². The molecule has 0 aromatic carbocycles. The molecule has 1 rings (SSSR count). The fraction of sp³-hybridized carbons (Fsp3) is 1.00. The van der Waals surface area contributed by atoms with Crippen LogP contribution < -0.4 is 0 Å². The lowest BCUT2D eigenvalue weighted by Crippen LogP contribution is -2.48. The quantitative estimate of drug-likeness (QED) is 0.512. The van der Waals surface area contributed by atoms with Crippen molar-refractivity contribution in [1.82, 2.24) is 0 Å². The van der Waals surface area contributed by atoms with E-state index in [1.165, 1.54) is 19.3 Å². The Balaban J connectivity index is 2.72. The Morgan fingerprint density at radius 2 is 1.31 bits per heavy atom. The molecule has 0 amide bonds. The molecule has 0 aliphatic heterocycles. The Kier molecular flexibility index (Phi) is 4.07. The zero-order valence-corrected chi connectivity index (χ0v) is 11.9. The van der Waals surface area contributed by atoms with Gasteiger partial charge in [0.25, 0.3) is 0 Å². The Hall–Kier alpha value is -0.0800. The second kappa shape index (κ2) is 4.66. The van der Waals surface area contributed by atoms with Crippen molar-refractivity contribution in [2.45, 2.75) is 84.8 Å². The summed E-state index contributed by atoms with van der Waals surface area (Å²) < 4.78 is 0. The number of rotatable bonds is 2. The van der Waals surface area contributed by atoms with E-state index in [4.69, 9.17) is 9.78 Å². The van der Waals surface area contributed by atoms with E-state index in [-0.39, 0.29) is 16.6 Å². The standard InChI is InChI=1S/C14H28O2/c1-12(2,3)14(10-8-7-9-11-14)16-15-13(4,5)6/h7-11H2,1-6H3. The Morgan fingerprint density at radius 3 is 1.69 bits per heavy atom. The average molecular weight is 228 g/mol. The lowest BCUT2D eigenvalue weighted by atomic mass is 9.68. The molecule has 0 N–H and O–H groups in total. The highest BCUT2D eigenvalue weighted by Gasteiger charge is 2.45. The van der Waals surface area contributed by atoms with E-state index in [1.54, 1.807) is 0 Å². The molecule has 1 fully saturated rings. The van der Waals surface area contributed by atoms with Crippen LogP contribution in [0.4, 0.5) is 0 Å². The van der Waals surface area contributed by atoms with Gasteiger partial charge < -0.3 is 0 Å². The van der Waals surface area contributed by atoms with Crippen molar-refractivity contribution in [3.8, 4) is 0 Å². The largest absolute Gasteiger partial charge is 0.230 e. The molecule has 96 valence electrons. The summed E-state index contributed by atoms with van der Waals surface area (Å²) in [6.07, 6.45) is 6.07. The summed E-state index contributed by atoms with van der Waals surface area (Å²) in [4.78, 5) is 11.5. The number of hydrogen-bond donors (Lipinski definition) is 0. The Bertz CT molecular complexity index is 214. The first-order valence-corrected chi connectivity index (χ1v) is 6.53. The van der Waals surface area contributed by atoms with Crippen molar-refractivity contribution in [2.75, 3.05) is 0 Å². The van der Waals surface area contributed by atoms with Crippen molar-refractivity contribution < 1.29 is 9.78 Å². The van der Waals surface area contributed by atoms with Crippen molar-refractivity contribution in [3.63, 3.8) is 0 Å². The SMILES string of the molecule is CC(C)(C)OOC1(C(C)(C)C)CCCCC1. The first-order chi connectivity index (χ1) is 7.16. The third-order valence-corrected chi connectivity index (χ3v) is 3.48. The molecule has 0 spiro atoms. The first kappa shape index (κ1) is 14.0. The fourth-order valence-corrected chi connectivity index (χ4v) is 2.29. The molecule has 0 saturated heterocycles. The summed E-state index contributed by atoms with van der Waals surface area (Å²) >= 11 is 0. The monoisotopic (exact) mass is 228 g/mol. The molecule has 1 aliphatic carbocycles. The van der Waals surface area contributed by atoms with Gasteiger partial charge in [-0.15, -0.1) is 0 Å². The highest BCUT2D eigenvalue weighted by Crippen LogP contribution is 2.45. The van der Waals surface area contributed by atoms with Crippen molar-refractivity contribution in [2.24, 2.45) is 5.41 Å². The summed E-state index contributed by atoms with van der Waals surface area (Å²) in [5.41, 5.74) is -0.188. The molecule has 0 atom stereocenters. The predicted octanol–water partition coefficient (Wildman–Crippen LogP) is 4.48. The third kappa shape index (κ3) is 3.46. The predicted molar refractivity (Wildman–Crippen MR) is 67.2 cm³/mol. The fourth-order valence-electron chi connectivity index (χ4n) is 2.29. The summed E-state index contributed by atoms with van der Waals surface area (Å²) in [6, 6.07) is 0. The van der Waals surface area contributed by atoms with Crippen LogP contribution >= 0.6 is 0 Å². The van der Waals surface area contributed by atoms with Crippen LogP contribution in [0.25, 0.3) is 0 Å². The van der Waals surface area contributed by atoms with Crippen LogP contribution in [0.15, 0.2) is 0 Å². The van der Waals surface area contributed by atoms with E-state index in [0.717, 1.165) is 12.8 Å². The third-order valence-electron chi connectivity index (χ3n) is 3.48. The minimum atomic E-state index is -0.226.